The number of aliphatic imine (C=N–C) groups is 1. The number of carbonyl (C=O) groups is 2. The predicted molar refractivity (Wildman–Crippen MR) is 150 cm³/mol. The summed E-state index contributed by atoms with van der Waals surface area (Å²) in [6.07, 6.45) is 1.90. The van der Waals surface area contributed by atoms with Gasteiger partial charge in [0.1, 0.15) is 6.04 Å². The summed E-state index contributed by atoms with van der Waals surface area (Å²) in [5.41, 5.74) is 14.8. The number of unbranched alkanes of at least 4 members (excludes halogenated alkanes) is 1. The van der Waals surface area contributed by atoms with Crippen molar-refractivity contribution in [1.82, 2.24) is 5.32 Å². The lowest BCUT2D eigenvalue weighted by molar-refractivity contribution is -0.138. The van der Waals surface area contributed by atoms with E-state index in [0.29, 0.717) is 31.6 Å². The lowest BCUT2D eigenvalue weighted by Crippen LogP contribution is -2.37. The van der Waals surface area contributed by atoms with Crippen molar-refractivity contribution in [3.05, 3.63) is 108 Å². The largest absolute Gasteiger partial charge is 0.480 e. The van der Waals surface area contributed by atoms with Crippen molar-refractivity contribution in [2.24, 2.45) is 16.5 Å². The van der Waals surface area contributed by atoms with Gasteiger partial charge in [0.05, 0.1) is 4.75 Å². The van der Waals surface area contributed by atoms with Crippen molar-refractivity contribution in [3.63, 3.8) is 0 Å². The number of guanidine groups is 1. The molecule has 0 aliphatic carbocycles. The van der Waals surface area contributed by atoms with Gasteiger partial charge in [-0.05, 0) is 36.0 Å². The second kappa shape index (κ2) is 14.2. The molecule has 8 heteroatoms. The molecule has 0 aromatic heterocycles. The zero-order valence-electron chi connectivity index (χ0n) is 20.8. The fourth-order valence-corrected chi connectivity index (χ4v) is 5.61. The molecule has 194 valence electrons. The molecule has 0 heterocycles. The van der Waals surface area contributed by atoms with E-state index in [4.69, 9.17) is 16.6 Å². The zero-order chi connectivity index (χ0) is 26.5. The van der Waals surface area contributed by atoms with Gasteiger partial charge in [0.2, 0.25) is 5.91 Å². The first-order valence-electron chi connectivity index (χ1n) is 12.3. The molecule has 1 amide bonds. The van der Waals surface area contributed by atoms with Crippen LogP contribution in [0.15, 0.2) is 96.0 Å². The SMILES string of the molecule is NC(=NCCCC[C@H](N)C(=O)O)NC(=O)CCSC(c1ccccc1)(c1ccccc1)c1ccccc1. The van der Waals surface area contributed by atoms with Crippen LogP contribution in [0.25, 0.3) is 0 Å². The molecule has 1 atom stereocenters. The van der Waals surface area contributed by atoms with Crippen LogP contribution in [-0.4, -0.2) is 41.3 Å². The van der Waals surface area contributed by atoms with Gasteiger partial charge >= 0.3 is 5.97 Å². The van der Waals surface area contributed by atoms with E-state index in [9.17, 15) is 9.59 Å². The molecule has 0 saturated heterocycles. The van der Waals surface area contributed by atoms with Crippen LogP contribution in [0.1, 0.15) is 42.4 Å². The number of nitrogens with two attached hydrogens (primary N) is 2. The third-order valence-electron chi connectivity index (χ3n) is 5.98. The smallest absolute Gasteiger partial charge is 0.320 e. The Kier molecular flexibility index (Phi) is 10.7. The molecule has 0 unspecified atom stereocenters. The highest BCUT2D eigenvalue weighted by atomic mass is 32.2. The Hall–Kier alpha value is -3.62. The van der Waals surface area contributed by atoms with E-state index in [1.54, 1.807) is 11.8 Å². The van der Waals surface area contributed by atoms with Gasteiger partial charge in [0, 0.05) is 18.7 Å². The van der Waals surface area contributed by atoms with Gasteiger partial charge < -0.3 is 16.6 Å². The number of aliphatic carboxylic acids is 1. The molecule has 0 spiro atoms. The van der Waals surface area contributed by atoms with E-state index >= 15 is 0 Å². The van der Waals surface area contributed by atoms with E-state index in [1.807, 2.05) is 54.6 Å². The topological polar surface area (TPSA) is 131 Å². The molecule has 3 rings (SSSR count). The fourth-order valence-electron chi connectivity index (χ4n) is 4.11. The molecule has 6 N–H and O–H groups in total. The molecular formula is C29H34N4O3S. The average Bonchev–Trinajstić information content (AvgIpc) is 2.92. The van der Waals surface area contributed by atoms with Gasteiger partial charge in [-0.3, -0.25) is 19.9 Å². The summed E-state index contributed by atoms with van der Waals surface area (Å²) >= 11 is 1.71. The summed E-state index contributed by atoms with van der Waals surface area (Å²) in [4.78, 5) is 27.6. The van der Waals surface area contributed by atoms with Crippen LogP contribution in [0.4, 0.5) is 0 Å². The third kappa shape index (κ3) is 7.93. The van der Waals surface area contributed by atoms with E-state index in [-0.39, 0.29) is 18.3 Å². The minimum absolute atomic E-state index is 0.0676. The molecule has 7 nitrogen and oxygen atoms in total. The standard InChI is InChI=1S/C29H34N4O3S/c30-25(27(35)36)18-10-11-20-32-28(31)33-26(34)19-21-37-29(22-12-4-1-5-13-22,23-14-6-2-7-15-23)24-16-8-3-9-17-24/h1-9,12-17,25H,10-11,18-21,30H2,(H,35,36)(H3,31,32,33,34)/t25-/m0/s1. The van der Waals surface area contributed by atoms with Gasteiger partial charge in [0.15, 0.2) is 5.96 Å². The van der Waals surface area contributed by atoms with Crippen molar-refractivity contribution in [2.75, 3.05) is 12.3 Å². The molecule has 0 saturated carbocycles. The number of carboxylic acids is 1. The fraction of sp³-hybridized carbons (Fsp3) is 0.276. The van der Waals surface area contributed by atoms with Crippen molar-refractivity contribution in [1.29, 1.82) is 0 Å². The van der Waals surface area contributed by atoms with E-state index in [2.05, 4.69) is 46.7 Å². The third-order valence-corrected chi connectivity index (χ3v) is 7.53. The number of thioether (sulfide) groups is 1. The van der Waals surface area contributed by atoms with Crippen LogP contribution >= 0.6 is 11.8 Å². The molecule has 0 aliphatic rings. The number of carboxylic acid groups (broad SMARTS) is 1. The Balaban J connectivity index is 1.66. The van der Waals surface area contributed by atoms with E-state index in [0.717, 1.165) is 16.7 Å². The van der Waals surface area contributed by atoms with Gasteiger partial charge in [0.25, 0.3) is 0 Å². The monoisotopic (exact) mass is 518 g/mol. The number of carbonyl (C=O) groups excluding carboxylic acids is 1. The van der Waals surface area contributed by atoms with Crippen LogP contribution in [0.2, 0.25) is 0 Å². The second-order valence-corrected chi connectivity index (χ2v) is 9.94. The van der Waals surface area contributed by atoms with Crippen molar-refractivity contribution in [3.8, 4) is 0 Å². The van der Waals surface area contributed by atoms with Gasteiger partial charge in [-0.2, -0.15) is 0 Å². The number of amides is 1. The Labute approximate surface area is 222 Å². The van der Waals surface area contributed by atoms with Gasteiger partial charge in [-0.15, -0.1) is 11.8 Å². The van der Waals surface area contributed by atoms with Crippen LogP contribution in [0.5, 0.6) is 0 Å². The summed E-state index contributed by atoms with van der Waals surface area (Å²) in [7, 11) is 0. The Bertz CT molecular complexity index is 1060. The Morgan fingerprint density at radius 1 is 0.865 bits per heavy atom. The van der Waals surface area contributed by atoms with Crippen molar-refractivity contribution in [2.45, 2.75) is 36.5 Å². The molecular weight excluding hydrogens is 484 g/mol. The highest BCUT2D eigenvalue weighted by molar-refractivity contribution is 8.00. The minimum Gasteiger partial charge on any atom is -0.480 e. The lowest BCUT2D eigenvalue weighted by atomic mass is 9.84. The molecule has 0 aliphatic heterocycles. The first-order chi connectivity index (χ1) is 17.9. The predicted octanol–water partition coefficient (Wildman–Crippen LogP) is 4.11. The maximum Gasteiger partial charge on any atom is 0.320 e. The van der Waals surface area contributed by atoms with E-state index in [1.165, 1.54) is 0 Å². The summed E-state index contributed by atoms with van der Waals surface area (Å²) in [5, 5.41) is 11.5. The number of benzene rings is 3. The Morgan fingerprint density at radius 3 is 1.81 bits per heavy atom. The van der Waals surface area contributed by atoms with Crippen molar-refractivity contribution >= 4 is 29.6 Å². The van der Waals surface area contributed by atoms with Crippen LogP contribution in [0.3, 0.4) is 0 Å². The Morgan fingerprint density at radius 2 is 1.35 bits per heavy atom. The maximum absolute atomic E-state index is 12.6. The van der Waals surface area contributed by atoms with Crippen LogP contribution < -0.4 is 16.8 Å². The zero-order valence-corrected chi connectivity index (χ0v) is 21.6. The van der Waals surface area contributed by atoms with Gasteiger partial charge in [-0.25, -0.2) is 0 Å². The number of hydrogen-bond donors (Lipinski definition) is 4. The van der Waals surface area contributed by atoms with Crippen molar-refractivity contribution < 1.29 is 14.7 Å². The quantitative estimate of drug-likeness (QED) is 0.117. The number of nitrogens with one attached hydrogen (secondary N) is 1. The first-order valence-corrected chi connectivity index (χ1v) is 13.3. The molecule has 3 aromatic rings. The number of rotatable bonds is 13. The van der Waals surface area contributed by atoms with Crippen LogP contribution in [0, 0.1) is 0 Å². The molecule has 0 fully saturated rings. The summed E-state index contributed by atoms with van der Waals surface area (Å²) in [5.74, 6) is -0.586. The number of hydrogen-bond acceptors (Lipinski definition) is 5. The molecule has 37 heavy (non-hydrogen) atoms. The molecule has 3 aromatic carbocycles. The first kappa shape index (κ1) is 28.0. The minimum atomic E-state index is -1.01. The highest BCUT2D eigenvalue weighted by Gasteiger charge is 2.36. The van der Waals surface area contributed by atoms with Crippen LogP contribution in [-0.2, 0) is 14.3 Å². The average molecular weight is 519 g/mol. The lowest BCUT2D eigenvalue weighted by Gasteiger charge is -2.35. The summed E-state index contributed by atoms with van der Waals surface area (Å²) < 4.78 is -0.486. The summed E-state index contributed by atoms with van der Waals surface area (Å²) in [6.45, 7) is 0.395. The van der Waals surface area contributed by atoms with E-state index < -0.39 is 16.8 Å². The number of nitrogens with zero attached hydrogens (tertiary/aromatic N) is 1. The maximum atomic E-state index is 12.6. The molecule has 0 radical (unpaired) electrons. The summed E-state index contributed by atoms with van der Waals surface area (Å²) in [6, 6.07) is 30.1. The normalized spacial score (nSPS) is 12.6. The molecule has 0 bridgehead atoms. The highest BCUT2D eigenvalue weighted by Crippen LogP contribution is 2.48. The second-order valence-electron chi connectivity index (χ2n) is 8.63. The van der Waals surface area contributed by atoms with Gasteiger partial charge in [-0.1, -0.05) is 91.0 Å².